The second-order valence-electron chi connectivity index (χ2n) is 7.21. The van der Waals surface area contributed by atoms with E-state index in [2.05, 4.69) is 9.97 Å². The van der Waals surface area contributed by atoms with E-state index in [1.165, 1.54) is 12.3 Å². The van der Waals surface area contributed by atoms with Crippen molar-refractivity contribution < 1.29 is 9.18 Å². The van der Waals surface area contributed by atoms with Crippen LogP contribution in [-0.4, -0.2) is 33.5 Å². The molecule has 3 aromatic rings. The Labute approximate surface area is 167 Å². The maximum atomic E-state index is 14.3. The van der Waals surface area contributed by atoms with Crippen LogP contribution in [0.5, 0.6) is 0 Å². The van der Waals surface area contributed by atoms with Gasteiger partial charge in [0.05, 0.1) is 17.3 Å². The van der Waals surface area contributed by atoms with E-state index >= 15 is 0 Å². The van der Waals surface area contributed by atoms with Crippen molar-refractivity contribution in [1.29, 1.82) is 5.41 Å². The Hall–Kier alpha value is -3.48. The number of aromatic nitrogens is 2. The van der Waals surface area contributed by atoms with Crippen LogP contribution in [0.25, 0.3) is 16.6 Å². The maximum absolute atomic E-state index is 14.3. The number of fused-ring (bicyclic) bond motifs is 1. The van der Waals surface area contributed by atoms with Crippen molar-refractivity contribution in [3.05, 3.63) is 70.9 Å². The highest BCUT2D eigenvalue weighted by Crippen LogP contribution is 2.35. The van der Waals surface area contributed by atoms with Crippen LogP contribution in [0.15, 0.2) is 48.3 Å². The van der Waals surface area contributed by atoms with Gasteiger partial charge >= 0.3 is 0 Å². The lowest BCUT2D eigenvalue weighted by molar-refractivity contribution is 0.0735. The number of nitrogens with one attached hydrogen (secondary N) is 2. The number of benzene rings is 1. The average molecular weight is 391 g/mol. The van der Waals surface area contributed by atoms with Crippen LogP contribution in [-0.2, 0) is 0 Å². The van der Waals surface area contributed by atoms with Gasteiger partial charge in [-0.2, -0.15) is 0 Å². The number of H-pyrrole nitrogens is 1. The highest BCUT2D eigenvalue weighted by molar-refractivity contribution is 6.10. The largest absolute Gasteiger partial charge is 0.402 e. The van der Waals surface area contributed by atoms with Crippen molar-refractivity contribution in [1.82, 2.24) is 14.9 Å². The Bertz CT molecular complexity index is 1130. The fraction of sp³-hybridized carbons (Fsp3) is 0.227. The Kier molecular flexibility index (Phi) is 4.88. The lowest BCUT2D eigenvalue weighted by atomic mass is 10.0. The fourth-order valence-electron chi connectivity index (χ4n) is 3.95. The zero-order valence-electron chi connectivity index (χ0n) is 16.1. The SMILES string of the molecule is C/C(N)=C(/C=N)c1ccc2c(C(=O)N3CCCC3c3ccccc3F)c[nH]c2n1. The molecule has 1 aromatic carbocycles. The number of allylic oxidation sites excluding steroid dienone is 2. The third-order valence-corrected chi connectivity index (χ3v) is 5.39. The summed E-state index contributed by atoms with van der Waals surface area (Å²) >= 11 is 0. The predicted molar refractivity (Wildman–Crippen MR) is 111 cm³/mol. The number of hydrogen-bond donors (Lipinski definition) is 3. The van der Waals surface area contributed by atoms with E-state index in [9.17, 15) is 9.18 Å². The van der Waals surface area contributed by atoms with Gasteiger partial charge in [-0.15, -0.1) is 0 Å². The average Bonchev–Trinajstić information content (AvgIpc) is 3.35. The zero-order chi connectivity index (χ0) is 20.5. The number of rotatable bonds is 4. The third-order valence-electron chi connectivity index (χ3n) is 5.39. The molecule has 1 unspecified atom stereocenters. The van der Waals surface area contributed by atoms with Crippen LogP contribution < -0.4 is 5.73 Å². The molecule has 4 N–H and O–H groups in total. The van der Waals surface area contributed by atoms with Crippen molar-refractivity contribution in [2.45, 2.75) is 25.8 Å². The molecule has 4 rings (SSSR count). The second-order valence-corrected chi connectivity index (χ2v) is 7.21. The van der Waals surface area contributed by atoms with Gasteiger partial charge in [0.25, 0.3) is 5.91 Å². The lowest BCUT2D eigenvalue weighted by Crippen LogP contribution is -2.30. The standard InChI is InChI=1S/C22H22FN5O/c1-13(25)16(11-24)19-9-8-14-17(12-26-21(14)27-19)22(29)28-10-4-7-20(28)15-5-2-3-6-18(15)23/h2-3,5-6,8-9,11-12,20,24H,4,7,10,25H2,1H3,(H,26,27)/b16-13+,24-11?. The molecule has 0 aliphatic carbocycles. The molecule has 2 aromatic heterocycles. The summed E-state index contributed by atoms with van der Waals surface area (Å²) in [5.41, 5.74) is 9.04. The van der Waals surface area contributed by atoms with E-state index in [0.717, 1.165) is 12.8 Å². The molecule has 3 heterocycles. The van der Waals surface area contributed by atoms with Gasteiger partial charge in [-0.25, -0.2) is 9.37 Å². The van der Waals surface area contributed by atoms with Gasteiger partial charge < -0.3 is 21.0 Å². The van der Waals surface area contributed by atoms with Crippen molar-refractivity contribution in [2.75, 3.05) is 6.54 Å². The molecule has 0 radical (unpaired) electrons. The Balaban J connectivity index is 1.69. The van der Waals surface area contributed by atoms with Crippen LogP contribution in [0, 0.1) is 11.2 Å². The Morgan fingerprint density at radius 3 is 2.86 bits per heavy atom. The molecule has 1 aliphatic heterocycles. The minimum Gasteiger partial charge on any atom is -0.402 e. The number of likely N-dealkylation sites (tertiary alicyclic amines) is 1. The molecule has 7 heteroatoms. The Morgan fingerprint density at radius 1 is 1.34 bits per heavy atom. The van der Waals surface area contributed by atoms with Gasteiger partial charge in [0, 0.05) is 41.2 Å². The monoisotopic (exact) mass is 391 g/mol. The molecular weight excluding hydrogens is 369 g/mol. The van der Waals surface area contributed by atoms with Crippen molar-refractivity contribution >= 4 is 28.7 Å². The number of nitrogens with two attached hydrogens (primary N) is 1. The molecule has 1 atom stereocenters. The van der Waals surface area contributed by atoms with E-state index in [0.29, 0.717) is 45.7 Å². The first-order valence-corrected chi connectivity index (χ1v) is 9.52. The summed E-state index contributed by atoms with van der Waals surface area (Å²) in [4.78, 5) is 22.6. The summed E-state index contributed by atoms with van der Waals surface area (Å²) in [5, 5.41) is 8.23. The topological polar surface area (TPSA) is 98.9 Å². The van der Waals surface area contributed by atoms with E-state index in [4.69, 9.17) is 11.1 Å². The summed E-state index contributed by atoms with van der Waals surface area (Å²) in [5.74, 6) is -0.431. The molecule has 148 valence electrons. The van der Waals surface area contributed by atoms with Gasteiger partial charge in [0.1, 0.15) is 11.5 Å². The molecule has 0 saturated carbocycles. The number of halogens is 1. The van der Waals surface area contributed by atoms with Crippen LogP contribution in [0.3, 0.4) is 0 Å². The summed E-state index contributed by atoms with van der Waals surface area (Å²) in [6, 6.07) is 9.92. The van der Waals surface area contributed by atoms with E-state index in [-0.39, 0.29) is 17.8 Å². The smallest absolute Gasteiger partial charge is 0.256 e. The summed E-state index contributed by atoms with van der Waals surface area (Å²) in [7, 11) is 0. The van der Waals surface area contributed by atoms with Gasteiger partial charge in [-0.1, -0.05) is 18.2 Å². The normalized spacial score (nSPS) is 17.4. The molecular formula is C22H22FN5O. The van der Waals surface area contributed by atoms with Gasteiger partial charge in [-0.3, -0.25) is 4.79 Å². The van der Waals surface area contributed by atoms with E-state index in [1.54, 1.807) is 42.3 Å². The summed E-state index contributed by atoms with van der Waals surface area (Å²) in [6.45, 7) is 2.30. The number of amides is 1. The molecule has 1 saturated heterocycles. The van der Waals surface area contributed by atoms with Gasteiger partial charge in [-0.05, 0) is 38.0 Å². The number of pyridine rings is 1. The molecule has 1 fully saturated rings. The van der Waals surface area contributed by atoms with Crippen molar-refractivity contribution in [3.63, 3.8) is 0 Å². The molecule has 29 heavy (non-hydrogen) atoms. The molecule has 0 bridgehead atoms. The van der Waals surface area contributed by atoms with Gasteiger partial charge in [0.2, 0.25) is 0 Å². The highest BCUT2D eigenvalue weighted by Gasteiger charge is 2.33. The van der Waals surface area contributed by atoms with Crippen molar-refractivity contribution in [3.8, 4) is 0 Å². The summed E-state index contributed by atoms with van der Waals surface area (Å²) in [6.07, 6.45) is 4.38. The first kappa shape index (κ1) is 18.9. The first-order chi connectivity index (χ1) is 14.0. The minimum absolute atomic E-state index is 0.144. The number of nitrogens with zero attached hydrogens (tertiary/aromatic N) is 2. The highest BCUT2D eigenvalue weighted by atomic mass is 19.1. The minimum atomic E-state index is -0.287. The van der Waals surface area contributed by atoms with E-state index < -0.39 is 0 Å². The molecule has 0 spiro atoms. The lowest BCUT2D eigenvalue weighted by Gasteiger charge is -2.25. The first-order valence-electron chi connectivity index (χ1n) is 9.52. The third kappa shape index (κ3) is 3.29. The summed E-state index contributed by atoms with van der Waals surface area (Å²) < 4.78 is 14.3. The van der Waals surface area contributed by atoms with Crippen LogP contribution in [0.1, 0.15) is 47.4 Å². The Morgan fingerprint density at radius 2 is 2.14 bits per heavy atom. The molecule has 6 nitrogen and oxygen atoms in total. The fourth-order valence-corrected chi connectivity index (χ4v) is 3.95. The zero-order valence-corrected chi connectivity index (χ0v) is 16.1. The quantitative estimate of drug-likeness (QED) is 0.586. The van der Waals surface area contributed by atoms with E-state index in [1.807, 2.05) is 6.07 Å². The number of hydrogen-bond acceptors (Lipinski definition) is 4. The van der Waals surface area contributed by atoms with Crippen molar-refractivity contribution in [2.24, 2.45) is 5.73 Å². The van der Waals surface area contributed by atoms with Gasteiger partial charge in [0.15, 0.2) is 0 Å². The van der Waals surface area contributed by atoms with Crippen LogP contribution in [0.2, 0.25) is 0 Å². The second kappa shape index (κ2) is 7.50. The van der Waals surface area contributed by atoms with Crippen LogP contribution in [0.4, 0.5) is 4.39 Å². The van der Waals surface area contributed by atoms with Crippen LogP contribution >= 0.6 is 0 Å². The number of carbonyl (C=O) groups excluding carboxylic acids is 1. The maximum Gasteiger partial charge on any atom is 0.256 e. The molecule has 1 aliphatic rings. The number of carbonyl (C=O) groups is 1. The number of aromatic amines is 1. The molecule has 1 amide bonds. The predicted octanol–water partition coefficient (Wildman–Crippen LogP) is 4.02.